The zero-order chi connectivity index (χ0) is 8.20. The molecule has 0 bridgehead atoms. The molecule has 0 saturated heterocycles. The molecule has 0 fully saturated rings. The molecule has 62 valence electrons. The van der Waals surface area contributed by atoms with Crippen molar-refractivity contribution in [3.05, 3.63) is 0 Å². The smallest absolute Gasteiger partial charge is 0.327 e. The van der Waals surface area contributed by atoms with Gasteiger partial charge >= 0.3 is 6.18 Å². The summed E-state index contributed by atoms with van der Waals surface area (Å²) in [5, 5.41) is 0. The summed E-state index contributed by atoms with van der Waals surface area (Å²) < 4.78 is 34.6. The van der Waals surface area contributed by atoms with Crippen LogP contribution in [-0.4, -0.2) is 12.2 Å². The fourth-order valence-corrected chi connectivity index (χ4v) is 0.770. The Kier molecular flexibility index (Phi) is 3.71. The lowest BCUT2D eigenvalue weighted by Crippen LogP contribution is -2.27. The van der Waals surface area contributed by atoms with Crippen molar-refractivity contribution >= 4 is 0 Å². The molecule has 0 rings (SSSR count). The van der Waals surface area contributed by atoms with Crippen molar-refractivity contribution in [2.24, 2.45) is 5.73 Å². The van der Waals surface area contributed by atoms with Gasteiger partial charge in [0, 0.05) is 6.04 Å². The van der Waals surface area contributed by atoms with E-state index in [4.69, 9.17) is 5.73 Å². The Hall–Kier alpha value is -0.250. The number of alkyl halides is 3. The van der Waals surface area contributed by atoms with Gasteiger partial charge in [0.2, 0.25) is 0 Å². The second-order valence-electron chi connectivity index (χ2n) is 2.37. The van der Waals surface area contributed by atoms with Gasteiger partial charge in [-0.3, -0.25) is 0 Å². The monoisotopic (exact) mass is 155 g/mol. The SMILES string of the molecule is CCC[C@@H](N)CC(F)(F)F. The number of hydrogen-bond acceptors (Lipinski definition) is 1. The summed E-state index contributed by atoms with van der Waals surface area (Å²) in [6.07, 6.45) is -3.81. The molecule has 0 amide bonds. The highest BCUT2D eigenvalue weighted by atomic mass is 19.4. The predicted molar refractivity (Wildman–Crippen MR) is 33.6 cm³/mol. The van der Waals surface area contributed by atoms with Crippen LogP contribution >= 0.6 is 0 Å². The minimum Gasteiger partial charge on any atom is -0.327 e. The average molecular weight is 155 g/mol. The van der Waals surface area contributed by atoms with Crippen molar-refractivity contribution in [3.8, 4) is 0 Å². The van der Waals surface area contributed by atoms with Gasteiger partial charge in [-0.2, -0.15) is 13.2 Å². The maximum Gasteiger partial charge on any atom is 0.390 e. The van der Waals surface area contributed by atoms with Crippen LogP contribution in [0.1, 0.15) is 26.2 Å². The maximum absolute atomic E-state index is 11.5. The molecule has 1 atom stereocenters. The van der Waals surface area contributed by atoms with Crippen LogP contribution in [0.3, 0.4) is 0 Å². The summed E-state index contributed by atoms with van der Waals surface area (Å²) in [4.78, 5) is 0. The van der Waals surface area contributed by atoms with Gasteiger partial charge in [0.25, 0.3) is 0 Å². The third kappa shape index (κ3) is 5.88. The van der Waals surface area contributed by atoms with E-state index in [9.17, 15) is 13.2 Å². The lowest BCUT2D eigenvalue weighted by Gasteiger charge is -2.12. The van der Waals surface area contributed by atoms with Crippen LogP contribution in [0.2, 0.25) is 0 Å². The van der Waals surface area contributed by atoms with Gasteiger partial charge in [-0.1, -0.05) is 13.3 Å². The average Bonchev–Trinajstić information content (AvgIpc) is 1.59. The van der Waals surface area contributed by atoms with Gasteiger partial charge in [0.05, 0.1) is 6.42 Å². The first-order valence-corrected chi connectivity index (χ1v) is 3.28. The predicted octanol–water partition coefficient (Wildman–Crippen LogP) is 2.07. The molecule has 0 radical (unpaired) electrons. The van der Waals surface area contributed by atoms with Crippen molar-refractivity contribution in [1.29, 1.82) is 0 Å². The first-order chi connectivity index (χ1) is 4.45. The molecule has 0 aromatic rings. The van der Waals surface area contributed by atoms with E-state index in [-0.39, 0.29) is 0 Å². The highest BCUT2D eigenvalue weighted by molar-refractivity contribution is 4.64. The van der Waals surface area contributed by atoms with E-state index in [2.05, 4.69) is 0 Å². The molecule has 0 aromatic carbocycles. The normalized spacial score (nSPS) is 15.3. The highest BCUT2D eigenvalue weighted by Gasteiger charge is 2.29. The first kappa shape index (κ1) is 9.75. The topological polar surface area (TPSA) is 26.0 Å². The van der Waals surface area contributed by atoms with Crippen molar-refractivity contribution in [1.82, 2.24) is 0 Å². The number of halogens is 3. The van der Waals surface area contributed by atoms with E-state index in [1.54, 1.807) is 0 Å². The first-order valence-electron chi connectivity index (χ1n) is 3.28. The van der Waals surface area contributed by atoms with Gasteiger partial charge in [-0.15, -0.1) is 0 Å². The standard InChI is InChI=1S/C6H12F3N/c1-2-3-5(10)4-6(7,8)9/h5H,2-4,10H2,1H3/t5-/m1/s1. The van der Waals surface area contributed by atoms with E-state index >= 15 is 0 Å². The fraction of sp³-hybridized carbons (Fsp3) is 1.00. The number of hydrogen-bond donors (Lipinski definition) is 1. The largest absolute Gasteiger partial charge is 0.390 e. The molecule has 0 aliphatic rings. The molecule has 2 N–H and O–H groups in total. The molecule has 0 saturated carbocycles. The van der Waals surface area contributed by atoms with Gasteiger partial charge in [-0.05, 0) is 6.42 Å². The van der Waals surface area contributed by atoms with Crippen LogP contribution in [0.4, 0.5) is 13.2 Å². The number of nitrogens with two attached hydrogens (primary N) is 1. The summed E-state index contributed by atoms with van der Waals surface area (Å²) >= 11 is 0. The van der Waals surface area contributed by atoms with Gasteiger partial charge < -0.3 is 5.73 Å². The van der Waals surface area contributed by atoms with E-state index in [0.717, 1.165) is 0 Å². The Morgan fingerprint density at radius 1 is 1.40 bits per heavy atom. The molecular formula is C6H12F3N. The minimum absolute atomic E-state index is 0.444. The third-order valence-electron chi connectivity index (χ3n) is 1.15. The molecule has 0 unspecified atom stereocenters. The molecular weight excluding hydrogens is 143 g/mol. The third-order valence-corrected chi connectivity index (χ3v) is 1.15. The zero-order valence-electron chi connectivity index (χ0n) is 5.91. The van der Waals surface area contributed by atoms with Gasteiger partial charge in [0.15, 0.2) is 0 Å². The summed E-state index contributed by atoms with van der Waals surface area (Å²) in [5.74, 6) is 0. The van der Waals surface area contributed by atoms with E-state index in [0.29, 0.717) is 12.8 Å². The van der Waals surface area contributed by atoms with Crippen LogP contribution in [0, 0.1) is 0 Å². The molecule has 0 aromatic heterocycles. The molecule has 0 aliphatic heterocycles. The lowest BCUT2D eigenvalue weighted by molar-refractivity contribution is -0.138. The fourth-order valence-electron chi connectivity index (χ4n) is 0.770. The summed E-state index contributed by atoms with van der Waals surface area (Å²) in [5.41, 5.74) is 5.15. The summed E-state index contributed by atoms with van der Waals surface area (Å²) in [6.45, 7) is 1.82. The Morgan fingerprint density at radius 2 is 1.90 bits per heavy atom. The van der Waals surface area contributed by atoms with Crippen LogP contribution in [0.15, 0.2) is 0 Å². The Labute approximate surface area is 58.4 Å². The van der Waals surface area contributed by atoms with Crippen molar-refractivity contribution in [2.75, 3.05) is 0 Å². The second kappa shape index (κ2) is 3.81. The van der Waals surface area contributed by atoms with Crippen LogP contribution in [-0.2, 0) is 0 Å². The Morgan fingerprint density at radius 3 is 2.20 bits per heavy atom. The van der Waals surface area contributed by atoms with E-state index in [1.165, 1.54) is 0 Å². The molecule has 0 heterocycles. The molecule has 10 heavy (non-hydrogen) atoms. The quantitative estimate of drug-likeness (QED) is 0.663. The summed E-state index contributed by atoms with van der Waals surface area (Å²) in [7, 11) is 0. The number of rotatable bonds is 3. The highest BCUT2D eigenvalue weighted by Crippen LogP contribution is 2.21. The van der Waals surface area contributed by atoms with Crippen molar-refractivity contribution in [3.63, 3.8) is 0 Å². The Bertz CT molecular complexity index is 89.5. The Balaban J connectivity index is 3.47. The summed E-state index contributed by atoms with van der Waals surface area (Å²) in [6, 6.07) is -0.718. The zero-order valence-corrected chi connectivity index (χ0v) is 5.91. The maximum atomic E-state index is 11.5. The van der Waals surface area contributed by atoms with E-state index < -0.39 is 18.6 Å². The van der Waals surface area contributed by atoms with Crippen LogP contribution in [0.25, 0.3) is 0 Å². The minimum atomic E-state index is -4.10. The van der Waals surface area contributed by atoms with Crippen molar-refractivity contribution in [2.45, 2.75) is 38.4 Å². The second-order valence-corrected chi connectivity index (χ2v) is 2.37. The molecule has 0 spiro atoms. The lowest BCUT2D eigenvalue weighted by atomic mass is 10.1. The van der Waals surface area contributed by atoms with E-state index in [1.807, 2.05) is 6.92 Å². The molecule has 0 aliphatic carbocycles. The molecule has 1 nitrogen and oxygen atoms in total. The van der Waals surface area contributed by atoms with Crippen LogP contribution < -0.4 is 5.73 Å². The van der Waals surface area contributed by atoms with Crippen molar-refractivity contribution < 1.29 is 13.2 Å². The van der Waals surface area contributed by atoms with Gasteiger partial charge in [0.1, 0.15) is 0 Å². The van der Waals surface area contributed by atoms with Crippen LogP contribution in [0.5, 0.6) is 0 Å². The van der Waals surface area contributed by atoms with Gasteiger partial charge in [-0.25, -0.2) is 0 Å². The molecule has 4 heteroatoms.